The van der Waals surface area contributed by atoms with E-state index in [1.54, 1.807) is 10.1 Å². The van der Waals surface area contributed by atoms with Crippen molar-refractivity contribution in [1.82, 2.24) is 0 Å². The molecule has 0 bridgehead atoms. The zero-order valence-corrected chi connectivity index (χ0v) is 9.86. The summed E-state index contributed by atoms with van der Waals surface area (Å²) in [6.45, 7) is 0. The number of hydrogen-bond acceptors (Lipinski definition) is 0. The van der Waals surface area contributed by atoms with Crippen molar-refractivity contribution in [3.8, 4) is 9.14 Å². The first-order chi connectivity index (χ1) is 7.54. The molecule has 0 unspecified atom stereocenters. The van der Waals surface area contributed by atoms with Gasteiger partial charge in [-0.2, -0.15) is 0 Å². The fraction of sp³-hybridized carbons (Fsp3) is 0. The van der Waals surface area contributed by atoms with Crippen LogP contribution in [-0.4, -0.2) is 20.4 Å². The van der Waals surface area contributed by atoms with Crippen LogP contribution in [0.5, 0.6) is 0 Å². The van der Waals surface area contributed by atoms with Crippen LogP contribution >= 0.6 is 0 Å². The fourth-order valence-electron chi connectivity index (χ4n) is 1.24. The van der Waals surface area contributed by atoms with E-state index in [0.29, 0.717) is 0 Å². The van der Waals surface area contributed by atoms with Crippen LogP contribution < -0.4 is 0 Å². The molecule has 0 radical (unpaired) electrons. The van der Waals surface area contributed by atoms with Crippen LogP contribution in [0.15, 0.2) is 16.2 Å². The maximum atomic E-state index is 13.3. The standard InChI is InChI=1S/C10H3F5Te/c11-6-5(4-2-1-3-16-4)7(12)9(14)10(15)8(6)13/h1-3H. The third kappa shape index (κ3) is 1.66. The summed E-state index contributed by atoms with van der Waals surface area (Å²) in [5.41, 5.74) is -0.788. The summed E-state index contributed by atoms with van der Waals surface area (Å²) < 4.78 is 66.9. The monoisotopic (exact) mass is 348 g/mol. The van der Waals surface area contributed by atoms with Crippen LogP contribution in [0.2, 0.25) is 0 Å². The van der Waals surface area contributed by atoms with Gasteiger partial charge in [0.25, 0.3) is 0 Å². The van der Waals surface area contributed by atoms with Crippen molar-refractivity contribution >= 4 is 20.4 Å². The average molecular weight is 346 g/mol. The molecule has 0 amide bonds. The second-order valence-corrected chi connectivity index (χ2v) is 5.63. The predicted octanol–water partition coefficient (Wildman–Crippen LogP) is 3.11. The molecule has 2 aromatic rings. The SMILES string of the molecule is Fc1c(F)c(F)c(-c2ccc[te]2)c(F)c1F. The Morgan fingerprint density at radius 3 is 1.69 bits per heavy atom. The van der Waals surface area contributed by atoms with Crippen molar-refractivity contribution in [2.45, 2.75) is 0 Å². The first kappa shape index (κ1) is 11.6. The van der Waals surface area contributed by atoms with E-state index in [9.17, 15) is 22.0 Å². The van der Waals surface area contributed by atoms with Gasteiger partial charge in [0, 0.05) is 0 Å². The molecule has 0 fully saturated rings. The van der Waals surface area contributed by atoms with Crippen molar-refractivity contribution in [1.29, 1.82) is 0 Å². The fourth-order valence-corrected chi connectivity index (χ4v) is 3.41. The topological polar surface area (TPSA) is 0 Å². The molecule has 0 N–H and O–H groups in total. The zero-order valence-electron chi connectivity index (χ0n) is 7.53. The Morgan fingerprint density at radius 1 is 0.750 bits per heavy atom. The minimum absolute atomic E-state index is 0.207. The summed E-state index contributed by atoms with van der Waals surface area (Å²) in [4.78, 5) is 0. The molecular formula is C10H3F5Te. The second-order valence-electron chi connectivity index (χ2n) is 2.92. The summed E-state index contributed by atoms with van der Waals surface area (Å²) >= 11 is -1.00. The molecule has 1 heterocycles. The molecule has 0 aliphatic rings. The van der Waals surface area contributed by atoms with Gasteiger partial charge in [-0.15, -0.1) is 0 Å². The molecule has 6 heteroatoms. The quantitative estimate of drug-likeness (QED) is 0.322. The molecule has 0 aliphatic carbocycles. The molecule has 16 heavy (non-hydrogen) atoms. The van der Waals surface area contributed by atoms with Gasteiger partial charge in [-0.05, 0) is 0 Å². The molecule has 1 aromatic heterocycles. The molecule has 84 valence electrons. The van der Waals surface area contributed by atoms with E-state index in [2.05, 4.69) is 0 Å². The van der Waals surface area contributed by atoms with Gasteiger partial charge in [-0.1, -0.05) is 0 Å². The molecule has 2 rings (SSSR count). The first-order valence-corrected chi connectivity index (χ1v) is 6.60. The van der Waals surface area contributed by atoms with Crippen molar-refractivity contribution < 1.29 is 22.0 Å². The predicted molar refractivity (Wildman–Crippen MR) is 48.6 cm³/mol. The zero-order chi connectivity index (χ0) is 11.9. The van der Waals surface area contributed by atoms with Crippen LogP contribution in [0.3, 0.4) is 0 Å². The molecule has 0 nitrogen and oxygen atoms in total. The molecule has 0 spiro atoms. The number of rotatable bonds is 1. The van der Waals surface area contributed by atoms with E-state index in [1.807, 2.05) is 0 Å². The van der Waals surface area contributed by atoms with E-state index in [-0.39, 0.29) is 3.58 Å². The Labute approximate surface area is 96.9 Å². The summed E-state index contributed by atoms with van der Waals surface area (Å²) in [5.74, 6) is -9.41. The number of benzene rings is 1. The van der Waals surface area contributed by atoms with Gasteiger partial charge in [-0.25, -0.2) is 0 Å². The summed E-state index contributed by atoms with van der Waals surface area (Å²) in [6.07, 6.45) is 0. The third-order valence-electron chi connectivity index (χ3n) is 1.98. The number of hydrogen-bond donors (Lipinski definition) is 0. The molecule has 0 saturated heterocycles. The van der Waals surface area contributed by atoms with Gasteiger partial charge in [0.1, 0.15) is 0 Å². The Balaban J connectivity index is 2.81. The summed E-state index contributed by atoms with van der Waals surface area (Å²) in [5, 5.41) is 0. The molecule has 0 saturated carbocycles. The van der Waals surface area contributed by atoms with E-state index >= 15 is 0 Å². The second kappa shape index (κ2) is 4.19. The van der Waals surface area contributed by atoms with Crippen molar-refractivity contribution in [3.63, 3.8) is 0 Å². The van der Waals surface area contributed by atoms with Crippen molar-refractivity contribution in [3.05, 3.63) is 45.3 Å². The van der Waals surface area contributed by atoms with Crippen LogP contribution in [0.25, 0.3) is 9.14 Å². The van der Waals surface area contributed by atoms with Crippen LogP contribution in [-0.2, 0) is 0 Å². The molecule has 0 atom stereocenters. The van der Waals surface area contributed by atoms with Gasteiger partial charge in [-0.3, -0.25) is 0 Å². The van der Waals surface area contributed by atoms with Crippen LogP contribution in [0, 0.1) is 29.1 Å². The normalized spacial score (nSPS) is 10.8. The summed E-state index contributed by atoms with van der Waals surface area (Å²) in [7, 11) is 0. The van der Waals surface area contributed by atoms with E-state index in [4.69, 9.17) is 0 Å². The Kier molecular flexibility index (Phi) is 3.04. The Bertz CT molecular complexity index is 504. The Hall–Kier alpha value is -0.860. The average Bonchev–Trinajstić information content (AvgIpc) is 2.77. The third-order valence-corrected chi connectivity index (χ3v) is 4.51. The van der Waals surface area contributed by atoms with E-state index < -0.39 is 55.1 Å². The van der Waals surface area contributed by atoms with E-state index in [0.717, 1.165) is 0 Å². The minimum atomic E-state index is -2.12. The van der Waals surface area contributed by atoms with Crippen molar-refractivity contribution in [2.75, 3.05) is 0 Å². The van der Waals surface area contributed by atoms with Gasteiger partial charge in [0.15, 0.2) is 0 Å². The van der Waals surface area contributed by atoms with Crippen LogP contribution in [0.4, 0.5) is 22.0 Å². The van der Waals surface area contributed by atoms with Crippen molar-refractivity contribution in [2.24, 2.45) is 0 Å². The number of halogens is 5. The van der Waals surface area contributed by atoms with Crippen LogP contribution in [0.1, 0.15) is 0 Å². The molecular weight excluding hydrogens is 343 g/mol. The maximum absolute atomic E-state index is 13.3. The molecule has 1 aromatic carbocycles. The van der Waals surface area contributed by atoms with E-state index in [1.165, 1.54) is 6.07 Å². The van der Waals surface area contributed by atoms with Gasteiger partial charge in [0.05, 0.1) is 0 Å². The van der Waals surface area contributed by atoms with Gasteiger partial charge in [0.2, 0.25) is 0 Å². The van der Waals surface area contributed by atoms with Gasteiger partial charge >= 0.3 is 96.8 Å². The first-order valence-electron chi connectivity index (χ1n) is 4.09. The Morgan fingerprint density at radius 2 is 1.25 bits per heavy atom. The summed E-state index contributed by atoms with van der Waals surface area (Å²) in [6, 6.07) is 2.93. The molecule has 0 aliphatic heterocycles. The van der Waals surface area contributed by atoms with Gasteiger partial charge < -0.3 is 0 Å².